The summed E-state index contributed by atoms with van der Waals surface area (Å²) in [7, 11) is 0. The van der Waals surface area contributed by atoms with Crippen molar-refractivity contribution in [2.24, 2.45) is 0 Å². The number of rotatable bonds is 5. The van der Waals surface area contributed by atoms with Crippen LogP contribution in [0.5, 0.6) is 0 Å². The quantitative estimate of drug-likeness (QED) is 0.160. The SMILES string of the molecule is Brc1cccc2c1Cc1ccccc1-2.Brc1cccc2c3ccccc3n(-c3nc(-c4ccccc4)nc(-c4ccccc4)n3)c12.Clc1nc(-c2ccccc2)nc(-c2ccccc2)n1.[H-].[Na+]. The van der Waals surface area contributed by atoms with Crippen LogP contribution in [-0.4, -0.2) is 34.5 Å². The molecule has 0 saturated heterocycles. The van der Waals surface area contributed by atoms with Crippen molar-refractivity contribution in [1.29, 1.82) is 0 Å². The molecule has 1 aliphatic rings. The Morgan fingerprint density at radius 1 is 0.409 bits per heavy atom. The predicted octanol–water partition coefficient (Wildman–Crippen LogP) is 12.1. The molecule has 12 rings (SSSR count). The number of halogens is 3. The maximum atomic E-state index is 5.99. The van der Waals surface area contributed by atoms with Crippen LogP contribution in [0.4, 0.5) is 0 Å². The molecule has 0 N–H and O–H groups in total. The molecule has 3 aromatic heterocycles. The molecular weight excluding hydrogens is 977 g/mol. The molecule has 0 bridgehead atoms. The minimum atomic E-state index is 0. The maximum Gasteiger partial charge on any atom is 1.00 e. The van der Waals surface area contributed by atoms with Gasteiger partial charge in [-0.25, -0.2) is 9.97 Å². The Hall–Kier alpha value is -6.17. The minimum absolute atomic E-state index is 0. The summed E-state index contributed by atoms with van der Waals surface area (Å²) >= 11 is 13.4. The van der Waals surface area contributed by atoms with Crippen molar-refractivity contribution in [1.82, 2.24) is 34.5 Å². The van der Waals surface area contributed by atoms with Crippen LogP contribution in [0.2, 0.25) is 5.28 Å². The summed E-state index contributed by atoms with van der Waals surface area (Å²) in [6, 6.07) is 69.1. The normalized spacial score (nSPS) is 11.1. The molecule has 0 fully saturated rings. The van der Waals surface area contributed by atoms with Gasteiger partial charge in [-0.2, -0.15) is 19.9 Å². The van der Waals surface area contributed by atoms with E-state index < -0.39 is 0 Å². The molecule has 3 heterocycles. The molecule has 8 aromatic carbocycles. The van der Waals surface area contributed by atoms with Crippen LogP contribution in [0, 0.1) is 0 Å². The van der Waals surface area contributed by atoms with E-state index in [1.165, 1.54) is 26.7 Å². The van der Waals surface area contributed by atoms with Gasteiger partial charge in [-0.05, 0) is 74.4 Å². The Balaban J connectivity index is 0.000000148. The molecule has 314 valence electrons. The van der Waals surface area contributed by atoms with Crippen molar-refractivity contribution in [3.63, 3.8) is 0 Å². The van der Waals surface area contributed by atoms with E-state index in [2.05, 4.69) is 130 Å². The number of hydrogen-bond donors (Lipinski definition) is 0. The zero-order chi connectivity index (χ0) is 44.1. The van der Waals surface area contributed by atoms with Gasteiger partial charge in [0.25, 0.3) is 0 Å². The number of hydrogen-bond acceptors (Lipinski definition) is 6. The van der Waals surface area contributed by atoms with Gasteiger partial charge in [0.2, 0.25) is 11.2 Å². The van der Waals surface area contributed by atoms with Crippen molar-refractivity contribution in [2.45, 2.75) is 6.42 Å². The van der Waals surface area contributed by atoms with Crippen LogP contribution in [0.3, 0.4) is 0 Å². The predicted molar refractivity (Wildman–Crippen MR) is 272 cm³/mol. The van der Waals surface area contributed by atoms with E-state index in [4.69, 9.17) is 26.6 Å². The molecule has 0 spiro atoms. The third kappa shape index (κ3) is 9.55. The van der Waals surface area contributed by atoms with Crippen LogP contribution in [0.25, 0.3) is 84.4 Å². The Morgan fingerprint density at radius 2 is 0.833 bits per heavy atom. The average molecular weight is 1010 g/mol. The fourth-order valence-electron chi connectivity index (χ4n) is 7.98. The monoisotopic (exact) mass is 1010 g/mol. The minimum Gasteiger partial charge on any atom is -1.00 e. The van der Waals surface area contributed by atoms with Gasteiger partial charge in [-0.15, -0.1) is 0 Å². The zero-order valence-corrected chi connectivity index (χ0v) is 41.5. The molecule has 66 heavy (non-hydrogen) atoms. The Kier molecular flexibility index (Phi) is 14.0. The van der Waals surface area contributed by atoms with Crippen molar-refractivity contribution < 1.29 is 31.0 Å². The average Bonchev–Trinajstić information content (AvgIpc) is 3.93. The van der Waals surface area contributed by atoms with E-state index in [1.54, 1.807) is 0 Å². The van der Waals surface area contributed by atoms with E-state index in [0.717, 1.165) is 55.0 Å². The van der Waals surface area contributed by atoms with Crippen molar-refractivity contribution >= 4 is 65.3 Å². The summed E-state index contributed by atoms with van der Waals surface area (Å²) in [5.41, 5.74) is 11.5. The number of nitrogens with zero attached hydrogens (tertiary/aromatic N) is 7. The first-order chi connectivity index (χ1) is 32.0. The number of benzene rings is 8. The summed E-state index contributed by atoms with van der Waals surface area (Å²) in [5.74, 6) is 3.05. The van der Waals surface area contributed by atoms with Crippen molar-refractivity contribution in [2.75, 3.05) is 0 Å². The fraction of sp³-hybridized carbons (Fsp3) is 0.0182. The van der Waals surface area contributed by atoms with Gasteiger partial charge >= 0.3 is 29.6 Å². The van der Waals surface area contributed by atoms with Gasteiger partial charge in [0.05, 0.1) is 11.0 Å². The van der Waals surface area contributed by atoms with E-state index in [9.17, 15) is 0 Å². The van der Waals surface area contributed by atoms with E-state index in [-0.39, 0.29) is 36.3 Å². The van der Waals surface area contributed by atoms with Crippen LogP contribution in [-0.2, 0) is 6.42 Å². The molecule has 7 nitrogen and oxygen atoms in total. The van der Waals surface area contributed by atoms with Gasteiger partial charge in [0, 0.05) is 42.0 Å². The standard InChI is InChI=1S/C27H17BrN4.C15H10ClN3.C13H9Br.Na.H/c28-22-16-9-15-21-20-14-7-8-17-23(20)32(24(21)22)27-30-25(18-10-3-1-4-11-18)29-26(31-27)19-12-5-2-6-13-19;16-15-18-13(11-7-3-1-4-8-11)17-14(19-15)12-9-5-2-6-10-12;14-13-7-3-6-11-10-5-2-1-4-9(10)8-12(11)13;;/h1-17H;1-10H;1-7H,8H2;;/q;;;+1;-1. The van der Waals surface area contributed by atoms with Crippen LogP contribution >= 0.6 is 43.5 Å². The maximum absolute atomic E-state index is 5.99. The second-order valence-electron chi connectivity index (χ2n) is 15.1. The Labute approximate surface area is 427 Å². The number of fused-ring (bicyclic) bond motifs is 6. The number of para-hydroxylation sites is 2. The van der Waals surface area contributed by atoms with E-state index >= 15 is 0 Å². The van der Waals surface area contributed by atoms with Gasteiger partial charge in [0.1, 0.15) is 0 Å². The summed E-state index contributed by atoms with van der Waals surface area (Å²) in [5, 5.41) is 2.51. The molecule has 0 amide bonds. The number of aromatic nitrogens is 7. The first kappa shape index (κ1) is 45.0. The summed E-state index contributed by atoms with van der Waals surface area (Å²) in [4.78, 5) is 27.5. The molecule has 1 aliphatic carbocycles. The second-order valence-corrected chi connectivity index (χ2v) is 17.1. The summed E-state index contributed by atoms with van der Waals surface area (Å²) in [6.45, 7) is 0. The van der Waals surface area contributed by atoms with Crippen LogP contribution < -0.4 is 29.6 Å². The van der Waals surface area contributed by atoms with Gasteiger partial charge in [0.15, 0.2) is 23.3 Å². The molecule has 0 atom stereocenters. The Bertz CT molecular complexity index is 3340. The molecular formula is C55H37Br2ClN7Na. The fourth-order valence-corrected chi connectivity index (χ4v) is 9.19. The molecule has 0 radical (unpaired) electrons. The third-order valence-corrected chi connectivity index (χ3v) is 12.6. The smallest absolute Gasteiger partial charge is 1.00 e. The van der Waals surface area contributed by atoms with Gasteiger partial charge in [-0.1, -0.05) is 204 Å². The molecule has 11 aromatic rings. The van der Waals surface area contributed by atoms with E-state index in [0.29, 0.717) is 29.2 Å². The van der Waals surface area contributed by atoms with Gasteiger partial charge in [-0.3, -0.25) is 4.57 Å². The second kappa shape index (κ2) is 20.6. The zero-order valence-electron chi connectivity index (χ0n) is 36.6. The summed E-state index contributed by atoms with van der Waals surface area (Å²) in [6.07, 6.45) is 1.06. The molecule has 0 unspecified atom stereocenters. The Morgan fingerprint density at radius 3 is 1.39 bits per heavy atom. The van der Waals surface area contributed by atoms with Crippen LogP contribution in [0.1, 0.15) is 12.6 Å². The first-order valence-corrected chi connectivity index (χ1v) is 22.9. The van der Waals surface area contributed by atoms with Crippen molar-refractivity contribution in [3.05, 3.63) is 232 Å². The molecule has 11 heteroatoms. The van der Waals surface area contributed by atoms with Crippen molar-refractivity contribution in [3.8, 4) is 62.6 Å². The molecule has 0 aliphatic heterocycles. The van der Waals surface area contributed by atoms with Crippen LogP contribution in [0.15, 0.2) is 215 Å². The third-order valence-electron chi connectivity index (χ3n) is 11.0. The topological polar surface area (TPSA) is 82.3 Å². The largest absolute Gasteiger partial charge is 1.00 e. The van der Waals surface area contributed by atoms with Gasteiger partial charge < -0.3 is 1.43 Å². The molecule has 0 saturated carbocycles. The summed E-state index contributed by atoms with van der Waals surface area (Å²) < 4.78 is 4.34. The first-order valence-electron chi connectivity index (χ1n) is 20.9. The van der Waals surface area contributed by atoms with E-state index in [1.807, 2.05) is 127 Å².